The molecule has 0 spiro atoms. The van der Waals surface area contributed by atoms with E-state index in [2.05, 4.69) is 31.5 Å². The Bertz CT molecular complexity index is 802. The van der Waals surface area contributed by atoms with Gasteiger partial charge in [0, 0.05) is 44.1 Å². The van der Waals surface area contributed by atoms with Crippen molar-refractivity contribution in [2.75, 3.05) is 31.7 Å². The molecule has 2 aromatic heterocycles. The minimum Gasteiger partial charge on any atom is -0.373 e. The van der Waals surface area contributed by atoms with Crippen molar-refractivity contribution in [3.63, 3.8) is 0 Å². The van der Waals surface area contributed by atoms with Gasteiger partial charge in [0.2, 0.25) is 0 Å². The molecular formula is C16H23N5O2S. The number of sulfone groups is 1. The third-order valence-electron chi connectivity index (χ3n) is 4.47. The van der Waals surface area contributed by atoms with Crippen LogP contribution in [0.3, 0.4) is 0 Å². The van der Waals surface area contributed by atoms with Crippen LogP contribution in [0.25, 0.3) is 0 Å². The minimum absolute atomic E-state index is 0.153. The number of anilines is 1. The average molecular weight is 349 g/mol. The molecule has 0 saturated carbocycles. The van der Waals surface area contributed by atoms with Crippen LogP contribution >= 0.6 is 0 Å². The van der Waals surface area contributed by atoms with Crippen molar-refractivity contribution in [3.8, 4) is 0 Å². The summed E-state index contributed by atoms with van der Waals surface area (Å²) < 4.78 is 23.8. The fraction of sp³-hybridized carbons (Fsp3) is 0.500. The highest BCUT2D eigenvalue weighted by molar-refractivity contribution is 7.90. The maximum absolute atomic E-state index is 11.9. The number of H-pyrrole nitrogens is 1. The van der Waals surface area contributed by atoms with Crippen LogP contribution in [-0.4, -0.2) is 54.9 Å². The Morgan fingerprint density at radius 2 is 2.29 bits per heavy atom. The maximum Gasteiger partial charge on any atom is 0.178 e. The molecular weight excluding hydrogens is 326 g/mol. The number of pyridine rings is 1. The second-order valence-electron chi connectivity index (χ2n) is 6.26. The molecule has 0 aliphatic carbocycles. The van der Waals surface area contributed by atoms with Gasteiger partial charge in [-0.2, -0.15) is 5.10 Å². The first kappa shape index (κ1) is 16.9. The Balaban J connectivity index is 1.77. The van der Waals surface area contributed by atoms with Crippen LogP contribution in [0.4, 0.5) is 5.82 Å². The number of likely N-dealkylation sites (tertiary alicyclic amines) is 1. The largest absolute Gasteiger partial charge is 0.373 e. The Hall–Kier alpha value is -1.93. The summed E-state index contributed by atoms with van der Waals surface area (Å²) in [6, 6.07) is 4.01. The molecule has 1 aliphatic rings. The molecule has 0 amide bonds. The number of hydrogen-bond donors (Lipinski definition) is 2. The Kier molecular flexibility index (Phi) is 4.86. The quantitative estimate of drug-likeness (QED) is 0.852. The van der Waals surface area contributed by atoms with Crippen LogP contribution in [0.15, 0.2) is 29.4 Å². The van der Waals surface area contributed by atoms with E-state index in [1.807, 2.05) is 13.1 Å². The first-order valence-electron chi connectivity index (χ1n) is 8.06. The number of nitrogens with one attached hydrogen (secondary N) is 2. The molecule has 1 saturated heterocycles. The van der Waals surface area contributed by atoms with Crippen molar-refractivity contribution in [1.29, 1.82) is 0 Å². The normalized spacial score (nSPS) is 19.3. The van der Waals surface area contributed by atoms with Gasteiger partial charge in [0.1, 0.15) is 10.7 Å². The molecule has 0 aromatic carbocycles. The summed E-state index contributed by atoms with van der Waals surface area (Å²) in [7, 11) is -1.39. The molecule has 0 radical (unpaired) electrons. The van der Waals surface area contributed by atoms with Crippen molar-refractivity contribution in [2.24, 2.45) is 0 Å². The molecule has 1 atom stereocenters. The molecule has 1 aliphatic heterocycles. The van der Waals surface area contributed by atoms with Gasteiger partial charge in [0.25, 0.3) is 0 Å². The van der Waals surface area contributed by atoms with E-state index in [4.69, 9.17) is 0 Å². The van der Waals surface area contributed by atoms with E-state index in [1.54, 1.807) is 6.20 Å². The van der Waals surface area contributed by atoms with Gasteiger partial charge in [-0.15, -0.1) is 0 Å². The van der Waals surface area contributed by atoms with Crippen LogP contribution in [-0.2, 0) is 16.4 Å². The molecule has 3 heterocycles. The molecule has 3 rings (SSSR count). The van der Waals surface area contributed by atoms with Gasteiger partial charge in [0.15, 0.2) is 9.84 Å². The summed E-state index contributed by atoms with van der Waals surface area (Å²) in [5, 5.41) is 9.99. The summed E-state index contributed by atoms with van der Waals surface area (Å²) in [6.45, 7) is 2.60. The zero-order chi connectivity index (χ0) is 17.2. The predicted octanol–water partition coefficient (Wildman–Crippen LogP) is 1.63. The summed E-state index contributed by atoms with van der Waals surface area (Å²) in [6.07, 6.45) is 6.42. The minimum atomic E-state index is -3.26. The highest BCUT2D eigenvalue weighted by Crippen LogP contribution is 2.30. The van der Waals surface area contributed by atoms with Crippen LogP contribution in [0.5, 0.6) is 0 Å². The Morgan fingerprint density at radius 3 is 3.04 bits per heavy atom. The Morgan fingerprint density at radius 1 is 1.46 bits per heavy atom. The lowest BCUT2D eigenvalue weighted by atomic mass is 9.94. The average Bonchev–Trinajstić information content (AvgIpc) is 3.06. The highest BCUT2D eigenvalue weighted by Gasteiger charge is 2.28. The smallest absolute Gasteiger partial charge is 0.178 e. The lowest BCUT2D eigenvalue weighted by molar-refractivity contribution is 0.197. The number of rotatable bonds is 5. The van der Waals surface area contributed by atoms with E-state index in [-0.39, 0.29) is 5.92 Å². The number of piperidine rings is 1. The topological polar surface area (TPSA) is 91.0 Å². The summed E-state index contributed by atoms with van der Waals surface area (Å²) in [5.41, 5.74) is 1.89. The van der Waals surface area contributed by atoms with Gasteiger partial charge in [-0.05, 0) is 25.5 Å². The molecule has 1 fully saturated rings. The standard InChI is InChI=1S/C16H23N5O2S/c1-17-16-13(5-3-7-18-16)11-21-8-4-6-12(10-21)15-14(9-19-20-15)24(2,22)23/h3,5,7,9,12H,4,6,8,10-11H2,1-2H3,(H,17,18)(H,19,20)/t12-/m0/s1. The van der Waals surface area contributed by atoms with Crippen molar-refractivity contribution >= 4 is 15.7 Å². The van der Waals surface area contributed by atoms with Gasteiger partial charge >= 0.3 is 0 Å². The van der Waals surface area contributed by atoms with Gasteiger partial charge in [-0.3, -0.25) is 10.00 Å². The lowest BCUT2D eigenvalue weighted by Gasteiger charge is -2.32. The number of aromatic amines is 1. The van der Waals surface area contributed by atoms with E-state index in [0.29, 0.717) is 4.90 Å². The summed E-state index contributed by atoms with van der Waals surface area (Å²) >= 11 is 0. The summed E-state index contributed by atoms with van der Waals surface area (Å²) in [5.74, 6) is 1.04. The van der Waals surface area contributed by atoms with E-state index in [9.17, 15) is 8.42 Å². The van der Waals surface area contributed by atoms with Crippen molar-refractivity contribution in [2.45, 2.75) is 30.2 Å². The van der Waals surface area contributed by atoms with Crippen molar-refractivity contribution in [1.82, 2.24) is 20.1 Å². The number of hydrogen-bond acceptors (Lipinski definition) is 6. The first-order valence-corrected chi connectivity index (χ1v) is 9.95. The molecule has 24 heavy (non-hydrogen) atoms. The third kappa shape index (κ3) is 3.59. The van der Waals surface area contributed by atoms with Crippen LogP contribution < -0.4 is 5.32 Å². The highest BCUT2D eigenvalue weighted by atomic mass is 32.2. The lowest BCUT2D eigenvalue weighted by Crippen LogP contribution is -2.34. The van der Waals surface area contributed by atoms with E-state index >= 15 is 0 Å². The van der Waals surface area contributed by atoms with Gasteiger partial charge in [-0.1, -0.05) is 6.07 Å². The van der Waals surface area contributed by atoms with Crippen LogP contribution in [0, 0.1) is 0 Å². The zero-order valence-corrected chi connectivity index (χ0v) is 14.8. The van der Waals surface area contributed by atoms with E-state index in [1.165, 1.54) is 12.5 Å². The maximum atomic E-state index is 11.9. The number of aromatic nitrogens is 3. The van der Waals surface area contributed by atoms with Gasteiger partial charge < -0.3 is 5.32 Å². The van der Waals surface area contributed by atoms with Gasteiger partial charge in [0.05, 0.1) is 11.9 Å². The fourth-order valence-electron chi connectivity index (χ4n) is 3.34. The first-order chi connectivity index (χ1) is 11.5. The Labute approximate surface area is 142 Å². The van der Waals surface area contributed by atoms with Crippen LogP contribution in [0.1, 0.15) is 30.0 Å². The molecule has 130 valence electrons. The SMILES string of the molecule is CNc1ncccc1CN1CCC[C@H](c2[nH]ncc2S(C)(=O)=O)C1. The monoisotopic (exact) mass is 349 g/mol. The summed E-state index contributed by atoms with van der Waals surface area (Å²) in [4.78, 5) is 7.02. The molecule has 2 N–H and O–H groups in total. The second kappa shape index (κ2) is 6.90. The van der Waals surface area contributed by atoms with Gasteiger partial charge in [-0.25, -0.2) is 13.4 Å². The molecule has 7 nitrogen and oxygen atoms in total. The zero-order valence-electron chi connectivity index (χ0n) is 14.0. The van der Waals surface area contributed by atoms with Crippen molar-refractivity contribution < 1.29 is 8.42 Å². The molecule has 0 unspecified atom stereocenters. The van der Waals surface area contributed by atoms with E-state index < -0.39 is 9.84 Å². The van der Waals surface area contributed by atoms with Crippen molar-refractivity contribution in [3.05, 3.63) is 35.8 Å². The predicted molar refractivity (Wildman–Crippen MR) is 92.7 cm³/mol. The third-order valence-corrected chi connectivity index (χ3v) is 5.59. The van der Waals surface area contributed by atoms with E-state index in [0.717, 1.165) is 49.6 Å². The molecule has 2 aromatic rings. The number of nitrogens with zero attached hydrogens (tertiary/aromatic N) is 3. The molecule has 8 heteroatoms. The van der Waals surface area contributed by atoms with Crippen LogP contribution in [0.2, 0.25) is 0 Å². The second-order valence-corrected chi connectivity index (χ2v) is 8.24. The molecule has 0 bridgehead atoms. The fourth-order valence-corrected chi connectivity index (χ4v) is 4.20.